The Hall–Kier alpha value is -3.53. The van der Waals surface area contributed by atoms with Crippen molar-refractivity contribution < 1.29 is 9.72 Å². The summed E-state index contributed by atoms with van der Waals surface area (Å²) in [6.45, 7) is 10.9. The van der Waals surface area contributed by atoms with E-state index in [0.29, 0.717) is 23.0 Å². The van der Waals surface area contributed by atoms with Gasteiger partial charge in [-0.05, 0) is 42.5 Å². The normalized spacial score (nSPS) is 12.0. The van der Waals surface area contributed by atoms with Gasteiger partial charge in [-0.15, -0.1) is 10.2 Å². The van der Waals surface area contributed by atoms with Gasteiger partial charge in [0.25, 0.3) is 11.6 Å². The fourth-order valence-electron chi connectivity index (χ4n) is 3.21. The molecule has 0 spiro atoms. The number of nitrogens with zero attached hydrogens (tertiary/aromatic N) is 5. The van der Waals surface area contributed by atoms with E-state index in [9.17, 15) is 14.9 Å². The van der Waals surface area contributed by atoms with E-state index >= 15 is 0 Å². The summed E-state index contributed by atoms with van der Waals surface area (Å²) in [6, 6.07) is 14.3. The van der Waals surface area contributed by atoms with Gasteiger partial charge in [-0.3, -0.25) is 14.9 Å². The molecule has 34 heavy (non-hydrogen) atoms. The minimum atomic E-state index is -0.462. The highest BCUT2D eigenvalue weighted by Crippen LogP contribution is 2.27. The number of hydrogen-bond donors (Lipinski definition) is 1. The molecule has 0 unspecified atom stereocenters. The van der Waals surface area contributed by atoms with Gasteiger partial charge in [0, 0.05) is 24.2 Å². The first kappa shape index (κ1) is 25.1. The molecule has 0 saturated carbocycles. The minimum Gasteiger partial charge on any atom is -0.302 e. The zero-order chi connectivity index (χ0) is 24.9. The van der Waals surface area contributed by atoms with Crippen LogP contribution in [0.4, 0.5) is 5.69 Å². The molecule has 178 valence electrons. The van der Waals surface area contributed by atoms with Crippen molar-refractivity contribution in [2.75, 3.05) is 5.75 Å². The maximum Gasteiger partial charge on any atom is 0.269 e. The second kappa shape index (κ2) is 10.6. The van der Waals surface area contributed by atoms with E-state index in [1.807, 2.05) is 23.6 Å². The van der Waals surface area contributed by atoms with Crippen LogP contribution >= 0.6 is 11.8 Å². The number of non-ortho nitro benzene ring substituents is 1. The van der Waals surface area contributed by atoms with Gasteiger partial charge in [0.05, 0.1) is 16.4 Å². The lowest BCUT2D eigenvalue weighted by atomic mass is 9.87. The van der Waals surface area contributed by atoms with Crippen LogP contribution in [0.3, 0.4) is 0 Å². The molecule has 0 aliphatic heterocycles. The minimum absolute atomic E-state index is 0.00142. The van der Waals surface area contributed by atoms with Crippen molar-refractivity contribution >= 4 is 29.1 Å². The maximum atomic E-state index is 12.3. The molecular weight excluding hydrogens is 452 g/mol. The van der Waals surface area contributed by atoms with Crippen LogP contribution in [0.15, 0.2) is 58.8 Å². The number of rotatable bonds is 8. The highest BCUT2D eigenvalue weighted by atomic mass is 32.2. The number of carbonyl (C=O) groups is 1. The van der Waals surface area contributed by atoms with Gasteiger partial charge < -0.3 is 4.57 Å². The topological polar surface area (TPSA) is 115 Å². The second-order valence-electron chi connectivity index (χ2n) is 8.70. The molecule has 3 aromatic rings. The highest BCUT2D eigenvalue weighted by Gasteiger charge is 2.17. The molecule has 0 fully saturated rings. The summed E-state index contributed by atoms with van der Waals surface area (Å²) in [5, 5.41) is 24.1. The molecule has 2 aromatic carbocycles. The first-order valence-corrected chi connectivity index (χ1v) is 11.8. The summed E-state index contributed by atoms with van der Waals surface area (Å²) in [5.74, 6) is 0.601. The van der Waals surface area contributed by atoms with Crippen molar-refractivity contribution in [3.63, 3.8) is 0 Å². The van der Waals surface area contributed by atoms with Crippen LogP contribution < -0.4 is 5.43 Å². The molecule has 1 N–H and O–H groups in total. The third kappa shape index (κ3) is 6.07. The Labute approximate surface area is 202 Å². The molecule has 0 aliphatic carbocycles. The van der Waals surface area contributed by atoms with Crippen molar-refractivity contribution in [1.82, 2.24) is 20.2 Å². The molecule has 10 heteroatoms. The fourth-order valence-corrected chi connectivity index (χ4v) is 4.01. The third-order valence-electron chi connectivity index (χ3n) is 5.22. The van der Waals surface area contributed by atoms with Crippen molar-refractivity contribution in [3.05, 3.63) is 69.8 Å². The molecule has 0 saturated heterocycles. The van der Waals surface area contributed by atoms with E-state index in [2.05, 4.69) is 53.6 Å². The summed E-state index contributed by atoms with van der Waals surface area (Å²) < 4.78 is 1.98. The largest absolute Gasteiger partial charge is 0.302 e. The number of carbonyl (C=O) groups excluding carboxylic acids is 1. The maximum absolute atomic E-state index is 12.3. The number of benzene rings is 2. The van der Waals surface area contributed by atoms with Crippen LogP contribution in [-0.2, 0) is 16.8 Å². The van der Waals surface area contributed by atoms with Gasteiger partial charge in [-0.2, -0.15) is 5.10 Å². The predicted octanol–water partition coefficient (Wildman–Crippen LogP) is 4.80. The van der Waals surface area contributed by atoms with E-state index < -0.39 is 4.92 Å². The van der Waals surface area contributed by atoms with Crippen LogP contribution in [0.2, 0.25) is 0 Å². The van der Waals surface area contributed by atoms with E-state index in [-0.39, 0.29) is 22.8 Å². The van der Waals surface area contributed by atoms with Gasteiger partial charge in [-0.1, -0.05) is 56.8 Å². The van der Waals surface area contributed by atoms with Crippen LogP contribution in [0.25, 0.3) is 11.4 Å². The van der Waals surface area contributed by atoms with Gasteiger partial charge >= 0.3 is 0 Å². The van der Waals surface area contributed by atoms with Crippen LogP contribution in [-0.4, -0.2) is 37.1 Å². The van der Waals surface area contributed by atoms with Gasteiger partial charge in [0.15, 0.2) is 11.0 Å². The highest BCUT2D eigenvalue weighted by molar-refractivity contribution is 7.99. The number of nitro benzene ring substituents is 1. The molecule has 0 atom stereocenters. The summed E-state index contributed by atoms with van der Waals surface area (Å²) in [5.41, 5.74) is 6.05. The quantitative estimate of drug-likeness (QED) is 0.214. The first-order valence-electron chi connectivity index (χ1n) is 10.8. The SMILES string of the molecule is CCn1c(SCC(=O)N/N=C(/C)c2ccc([N+](=O)[O-])cc2)nnc1-c1ccc(C(C)(C)C)cc1. The Morgan fingerprint density at radius 1 is 1.12 bits per heavy atom. The second-order valence-corrected chi connectivity index (χ2v) is 9.65. The lowest BCUT2D eigenvalue weighted by molar-refractivity contribution is -0.384. The number of aromatic nitrogens is 3. The summed E-state index contributed by atoms with van der Waals surface area (Å²) in [4.78, 5) is 22.6. The monoisotopic (exact) mass is 480 g/mol. The molecule has 0 aliphatic rings. The molecule has 3 rings (SSSR count). The Morgan fingerprint density at radius 2 is 1.76 bits per heavy atom. The summed E-state index contributed by atoms with van der Waals surface area (Å²) in [6.07, 6.45) is 0. The zero-order valence-electron chi connectivity index (χ0n) is 19.9. The fraction of sp³-hybridized carbons (Fsp3) is 0.333. The molecular formula is C24H28N6O3S. The number of nitro groups is 1. The Morgan fingerprint density at radius 3 is 2.32 bits per heavy atom. The van der Waals surface area contributed by atoms with Gasteiger partial charge in [0.2, 0.25) is 0 Å². The van der Waals surface area contributed by atoms with Gasteiger partial charge in [-0.25, -0.2) is 5.43 Å². The molecule has 1 amide bonds. The average molecular weight is 481 g/mol. The smallest absolute Gasteiger partial charge is 0.269 e. The van der Waals surface area contributed by atoms with E-state index in [4.69, 9.17) is 0 Å². The first-order chi connectivity index (χ1) is 16.1. The zero-order valence-corrected chi connectivity index (χ0v) is 20.7. The molecule has 1 heterocycles. The molecule has 1 aromatic heterocycles. The van der Waals surface area contributed by atoms with Crippen LogP contribution in [0.5, 0.6) is 0 Å². The Balaban J connectivity index is 1.63. The number of hydrogen-bond acceptors (Lipinski definition) is 7. The number of thioether (sulfide) groups is 1. The van der Waals surface area contributed by atoms with E-state index in [1.54, 1.807) is 19.1 Å². The van der Waals surface area contributed by atoms with E-state index in [1.165, 1.54) is 29.5 Å². The predicted molar refractivity (Wildman–Crippen MR) is 134 cm³/mol. The standard InChI is InChI=1S/C24H28N6O3S/c1-6-29-22(18-7-11-19(12-8-18)24(3,4)5)27-28-23(29)34-15-21(31)26-25-16(2)17-9-13-20(14-10-17)30(32)33/h7-14H,6,15H2,1-5H3,(H,26,31)/b25-16-. The molecule has 9 nitrogen and oxygen atoms in total. The lowest BCUT2D eigenvalue weighted by Crippen LogP contribution is -2.21. The number of amides is 1. The summed E-state index contributed by atoms with van der Waals surface area (Å²) in [7, 11) is 0. The van der Waals surface area contributed by atoms with Crippen molar-refractivity contribution in [2.24, 2.45) is 5.10 Å². The van der Waals surface area contributed by atoms with Crippen molar-refractivity contribution in [3.8, 4) is 11.4 Å². The molecule has 0 radical (unpaired) electrons. The van der Waals surface area contributed by atoms with E-state index in [0.717, 1.165) is 11.4 Å². The number of hydrazone groups is 1. The lowest BCUT2D eigenvalue weighted by Gasteiger charge is -2.19. The average Bonchev–Trinajstić information content (AvgIpc) is 3.23. The van der Waals surface area contributed by atoms with Crippen molar-refractivity contribution in [2.45, 2.75) is 51.7 Å². The third-order valence-corrected chi connectivity index (χ3v) is 6.19. The van der Waals surface area contributed by atoms with Crippen molar-refractivity contribution in [1.29, 1.82) is 0 Å². The van der Waals surface area contributed by atoms with Crippen LogP contribution in [0.1, 0.15) is 45.7 Å². The van der Waals surface area contributed by atoms with Crippen LogP contribution in [0, 0.1) is 10.1 Å². The Kier molecular flexibility index (Phi) is 7.83. The van der Waals surface area contributed by atoms with Gasteiger partial charge in [0.1, 0.15) is 0 Å². The molecule has 0 bridgehead atoms. The Bertz CT molecular complexity index is 1190. The summed E-state index contributed by atoms with van der Waals surface area (Å²) >= 11 is 1.29. The number of nitrogens with one attached hydrogen (secondary N) is 1.